The smallest absolute Gasteiger partial charge is 0.255 e. The zero-order valence-corrected chi connectivity index (χ0v) is 15.9. The molecule has 1 heterocycles. The van der Waals surface area contributed by atoms with Crippen LogP contribution in [0.1, 0.15) is 36.5 Å². The van der Waals surface area contributed by atoms with Gasteiger partial charge in [-0.3, -0.25) is 4.79 Å². The Bertz CT molecular complexity index is 730. The molecule has 3 rings (SSSR count). The lowest BCUT2D eigenvalue weighted by Crippen LogP contribution is -2.38. The summed E-state index contributed by atoms with van der Waals surface area (Å²) in [7, 11) is 0. The fraction of sp³-hybridized carbons (Fsp3) is 0.316. The minimum Gasteiger partial charge on any atom is -0.399 e. The third-order valence-corrected chi connectivity index (χ3v) is 5.21. The van der Waals surface area contributed by atoms with Crippen molar-refractivity contribution in [2.24, 2.45) is 0 Å². The molecule has 1 amide bonds. The van der Waals surface area contributed by atoms with Crippen LogP contribution in [-0.4, -0.2) is 18.5 Å². The molecule has 4 nitrogen and oxygen atoms in total. The molecule has 5 heteroatoms. The molecule has 24 heavy (non-hydrogen) atoms. The second kappa shape index (κ2) is 7.42. The van der Waals surface area contributed by atoms with Gasteiger partial charge in [-0.2, -0.15) is 0 Å². The Morgan fingerprint density at radius 3 is 2.67 bits per heavy atom. The molecule has 0 saturated carbocycles. The van der Waals surface area contributed by atoms with Gasteiger partial charge in [0, 0.05) is 27.4 Å². The number of nitrogens with two attached hydrogens (primary N) is 1. The van der Waals surface area contributed by atoms with Crippen LogP contribution in [-0.2, 0) is 0 Å². The second-order valence-electron chi connectivity index (χ2n) is 6.28. The van der Waals surface area contributed by atoms with Gasteiger partial charge in [-0.1, -0.05) is 0 Å². The van der Waals surface area contributed by atoms with Crippen LogP contribution < -0.4 is 16.0 Å². The first-order valence-electron chi connectivity index (χ1n) is 8.27. The summed E-state index contributed by atoms with van der Waals surface area (Å²) in [5.74, 6) is -0.108. The van der Waals surface area contributed by atoms with Crippen molar-refractivity contribution in [1.82, 2.24) is 0 Å². The molecule has 2 aromatic carbocycles. The number of benzene rings is 2. The summed E-state index contributed by atoms with van der Waals surface area (Å²) in [6, 6.07) is 13.8. The number of carbonyl (C=O) groups excluding carboxylic acids is 1. The topological polar surface area (TPSA) is 58.4 Å². The van der Waals surface area contributed by atoms with E-state index in [2.05, 4.69) is 39.7 Å². The van der Waals surface area contributed by atoms with E-state index in [-0.39, 0.29) is 5.91 Å². The van der Waals surface area contributed by atoms with Crippen molar-refractivity contribution in [2.75, 3.05) is 22.5 Å². The van der Waals surface area contributed by atoms with Crippen molar-refractivity contribution < 1.29 is 4.79 Å². The lowest BCUT2D eigenvalue weighted by molar-refractivity contribution is 0.102. The summed E-state index contributed by atoms with van der Waals surface area (Å²) in [6.45, 7) is 3.25. The molecule has 1 fully saturated rings. The number of nitrogen functional groups attached to an aromatic ring is 1. The van der Waals surface area contributed by atoms with E-state index in [1.165, 1.54) is 19.3 Å². The zero-order valence-electron chi connectivity index (χ0n) is 13.8. The zero-order chi connectivity index (χ0) is 17.1. The number of amides is 1. The van der Waals surface area contributed by atoms with E-state index in [0.29, 0.717) is 17.3 Å². The quantitative estimate of drug-likeness (QED) is 0.551. The van der Waals surface area contributed by atoms with E-state index >= 15 is 0 Å². The van der Waals surface area contributed by atoms with Gasteiger partial charge in [0.05, 0.1) is 11.4 Å². The number of hydrogen-bond donors (Lipinski definition) is 2. The molecule has 1 unspecified atom stereocenters. The van der Waals surface area contributed by atoms with E-state index in [4.69, 9.17) is 5.73 Å². The predicted octanol–water partition coefficient (Wildman–Crippen LogP) is 4.50. The number of halogens is 1. The maximum Gasteiger partial charge on any atom is 0.255 e. The molecule has 0 bridgehead atoms. The molecule has 1 aliphatic heterocycles. The number of nitrogens with one attached hydrogen (secondary N) is 1. The van der Waals surface area contributed by atoms with Gasteiger partial charge in [-0.15, -0.1) is 0 Å². The highest BCUT2D eigenvalue weighted by Gasteiger charge is 2.22. The molecule has 0 aliphatic carbocycles. The fourth-order valence-corrected chi connectivity index (χ4v) is 3.52. The number of carbonyl (C=O) groups is 1. The average molecular weight is 435 g/mol. The Kier molecular flexibility index (Phi) is 5.28. The van der Waals surface area contributed by atoms with Gasteiger partial charge >= 0.3 is 0 Å². The maximum absolute atomic E-state index is 12.6. The summed E-state index contributed by atoms with van der Waals surface area (Å²) in [5.41, 5.74) is 9.09. The summed E-state index contributed by atoms with van der Waals surface area (Å²) in [6.07, 6.45) is 3.62. The van der Waals surface area contributed by atoms with Crippen LogP contribution >= 0.6 is 22.6 Å². The third-order valence-electron chi connectivity index (χ3n) is 4.49. The Morgan fingerprint density at radius 2 is 1.96 bits per heavy atom. The van der Waals surface area contributed by atoms with Gasteiger partial charge in [-0.05, 0) is 91.2 Å². The highest BCUT2D eigenvalue weighted by Crippen LogP contribution is 2.33. The molecule has 1 aliphatic rings. The molecule has 2 aromatic rings. The lowest BCUT2D eigenvalue weighted by Gasteiger charge is -2.36. The Balaban J connectivity index is 1.87. The largest absolute Gasteiger partial charge is 0.399 e. The number of anilines is 3. The van der Waals surface area contributed by atoms with Crippen LogP contribution in [0.2, 0.25) is 0 Å². The van der Waals surface area contributed by atoms with Crippen molar-refractivity contribution in [3.8, 4) is 0 Å². The van der Waals surface area contributed by atoms with Crippen molar-refractivity contribution in [3.05, 3.63) is 51.6 Å². The Morgan fingerprint density at radius 1 is 1.21 bits per heavy atom. The molecule has 126 valence electrons. The summed E-state index contributed by atoms with van der Waals surface area (Å²) < 4.78 is 1.11. The van der Waals surface area contributed by atoms with Crippen LogP contribution in [0, 0.1) is 3.57 Å². The Hall–Kier alpha value is -1.76. The predicted molar refractivity (Wildman–Crippen MR) is 109 cm³/mol. The normalized spacial score (nSPS) is 17.6. The molecule has 3 N–H and O–H groups in total. The highest BCUT2D eigenvalue weighted by atomic mass is 127. The van der Waals surface area contributed by atoms with E-state index in [1.54, 1.807) is 0 Å². The molecular weight excluding hydrogens is 413 g/mol. The first-order chi connectivity index (χ1) is 11.5. The third kappa shape index (κ3) is 3.83. The SMILES string of the molecule is CC1CCCCN1c1ccc(N)cc1NC(=O)c1ccc(I)cc1. The van der Waals surface area contributed by atoms with Crippen molar-refractivity contribution in [1.29, 1.82) is 0 Å². The number of nitrogens with zero attached hydrogens (tertiary/aromatic N) is 1. The Labute approximate surface area is 156 Å². The van der Waals surface area contributed by atoms with Gasteiger partial charge in [0.15, 0.2) is 0 Å². The monoisotopic (exact) mass is 435 g/mol. The molecule has 1 saturated heterocycles. The van der Waals surface area contributed by atoms with Crippen molar-refractivity contribution >= 4 is 45.6 Å². The van der Waals surface area contributed by atoms with Crippen LogP contribution in [0.4, 0.5) is 17.1 Å². The number of hydrogen-bond acceptors (Lipinski definition) is 3. The van der Waals surface area contributed by atoms with E-state index in [9.17, 15) is 4.79 Å². The van der Waals surface area contributed by atoms with Crippen LogP contribution in [0.3, 0.4) is 0 Å². The minimum atomic E-state index is -0.108. The molecular formula is C19H22IN3O. The maximum atomic E-state index is 12.6. The second-order valence-corrected chi connectivity index (χ2v) is 7.52. The lowest BCUT2D eigenvalue weighted by atomic mass is 10.0. The summed E-state index contributed by atoms with van der Waals surface area (Å²) >= 11 is 2.23. The van der Waals surface area contributed by atoms with Gasteiger partial charge in [0.2, 0.25) is 0 Å². The minimum absolute atomic E-state index is 0.108. The standard InChI is InChI=1S/C19H22IN3O/c1-13-4-2-3-11-23(13)18-10-9-16(21)12-17(18)22-19(24)14-5-7-15(20)8-6-14/h5-10,12-13H,2-4,11,21H2,1H3,(H,22,24). The number of rotatable bonds is 3. The summed E-state index contributed by atoms with van der Waals surface area (Å²) in [4.78, 5) is 14.9. The molecule has 0 aromatic heterocycles. The molecule has 1 atom stereocenters. The van der Waals surface area contributed by atoms with E-state index < -0.39 is 0 Å². The van der Waals surface area contributed by atoms with Crippen LogP contribution in [0.15, 0.2) is 42.5 Å². The number of piperidine rings is 1. The van der Waals surface area contributed by atoms with Gasteiger partial charge in [-0.25, -0.2) is 0 Å². The fourth-order valence-electron chi connectivity index (χ4n) is 3.16. The van der Waals surface area contributed by atoms with E-state index in [0.717, 1.165) is 21.5 Å². The van der Waals surface area contributed by atoms with Crippen LogP contribution in [0.25, 0.3) is 0 Å². The van der Waals surface area contributed by atoms with Gasteiger partial charge in [0.25, 0.3) is 5.91 Å². The summed E-state index contributed by atoms with van der Waals surface area (Å²) in [5, 5.41) is 3.04. The molecule has 0 spiro atoms. The van der Waals surface area contributed by atoms with Crippen LogP contribution in [0.5, 0.6) is 0 Å². The van der Waals surface area contributed by atoms with Crippen molar-refractivity contribution in [2.45, 2.75) is 32.2 Å². The van der Waals surface area contributed by atoms with Gasteiger partial charge < -0.3 is 16.0 Å². The van der Waals surface area contributed by atoms with E-state index in [1.807, 2.05) is 42.5 Å². The van der Waals surface area contributed by atoms with Gasteiger partial charge in [0.1, 0.15) is 0 Å². The molecule has 0 radical (unpaired) electrons. The first kappa shape index (κ1) is 17.1. The first-order valence-corrected chi connectivity index (χ1v) is 9.35. The van der Waals surface area contributed by atoms with Crippen molar-refractivity contribution in [3.63, 3.8) is 0 Å². The highest BCUT2D eigenvalue weighted by molar-refractivity contribution is 14.1. The average Bonchev–Trinajstić information content (AvgIpc) is 2.56.